The summed E-state index contributed by atoms with van der Waals surface area (Å²) in [5.74, 6) is -0.480. The molecule has 0 saturated carbocycles. The lowest BCUT2D eigenvalue weighted by Crippen LogP contribution is -2.32. The maximum Gasteiger partial charge on any atom is 0.253 e. The topological polar surface area (TPSA) is 50.3 Å². The number of pyridine rings is 1. The minimum atomic E-state index is -0.240. The van der Waals surface area contributed by atoms with Crippen molar-refractivity contribution in [3.8, 4) is 0 Å². The zero-order valence-electron chi connectivity index (χ0n) is 8.09. The van der Waals surface area contributed by atoms with E-state index in [-0.39, 0.29) is 11.8 Å². The first-order valence-electron chi connectivity index (χ1n) is 4.71. The lowest BCUT2D eigenvalue weighted by molar-refractivity contribution is -0.136. The van der Waals surface area contributed by atoms with Crippen molar-refractivity contribution < 1.29 is 9.59 Å². The molecule has 0 radical (unpaired) electrons. The van der Waals surface area contributed by atoms with Gasteiger partial charge in [-0.15, -0.1) is 0 Å². The van der Waals surface area contributed by atoms with Crippen LogP contribution in [0.1, 0.15) is 5.69 Å². The molecule has 1 aromatic heterocycles. The first-order valence-corrected chi connectivity index (χ1v) is 4.71. The fraction of sp³-hybridized carbons (Fsp3) is 0.182. The molecule has 0 N–H and O–H groups in total. The van der Waals surface area contributed by atoms with E-state index in [2.05, 4.69) is 4.98 Å². The highest BCUT2D eigenvalue weighted by atomic mass is 16.2. The highest BCUT2D eigenvalue weighted by molar-refractivity contribution is 6.12. The van der Waals surface area contributed by atoms with Crippen LogP contribution in [0.5, 0.6) is 0 Å². The number of aromatic nitrogens is 1. The average molecular weight is 202 g/mol. The van der Waals surface area contributed by atoms with Crippen LogP contribution in [0.15, 0.2) is 36.5 Å². The molecule has 0 aliphatic carbocycles. The van der Waals surface area contributed by atoms with E-state index >= 15 is 0 Å². The van der Waals surface area contributed by atoms with Crippen molar-refractivity contribution >= 4 is 11.8 Å². The van der Waals surface area contributed by atoms with Gasteiger partial charge in [-0.3, -0.25) is 19.5 Å². The summed E-state index contributed by atoms with van der Waals surface area (Å²) >= 11 is 0. The lowest BCUT2D eigenvalue weighted by Gasteiger charge is -2.12. The highest BCUT2D eigenvalue weighted by Crippen LogP contribution is 2.05. The van der Waals surface area contributed by atoms with Gasteiger partial charge in [0, 0.05) is 37.0 Å². The molecule has 0 aromatic carbocycles. The van der Waals surface area contributed by atoms with Crippen LogP contribution in [0, 0.1) is 0 Å². The molecule has 0 atom stereocenters. The van der Waals surface area contributed by atoms with Crippen LogP contribution in [0.25, 0.3) is 0 Å². The smallest absolute Gasteiger partial charge is 0.253 e. The molecule has 0 fully saturated rings. The Kier molecular flexibility index (Phi) is 2.58. The Bertz CT molecular complexity index is 394. The van der Waals surface area contributed by atoms with Crippen molar-refractivity contribution in [1.29, 1.82) is 0 Å². The van der Waals surface area contributed by atoms with Crippen molar-refractivity contribution in [2.45, 2.75) is 6.42 Å². The monoisotopic (exact) mass is 202 g/mol. The third-order valence-electron chi connectivity index (χ3n) is 2.22. The van der Waals surface area contributed by atoms with Gasteiger partial charge in [-0.2, -0.15) is 0 Å². The van der Waals surface area contributed by atoms with Crippen LogP contribution in [0.4, 0.5) is 0 Å². The summed E-state index contributed by atoms with van der Waals surface area (Å²) in [6.45, 7) is 0.391. The maximum absolute atomic E-state index is 11.2. The molecule has 1 aliphatic rings. The molecule has 4 nitrogen and oxygen atoms in total. The highest BCUT2D eigenvalue weighted by Gasteiger charge is 2.22. The Morgan fingerprint density at radius 3 is 2.47 bits per heavy atom. The molecule has 2 rings (SSSR count). The molecular formula is C11H10N2O2. The van der Waals surface area contributed by atoms with Crippen LogP contribution >= 0.6 is 0 Å². The van der Waals surface area contributed by atoms with Gasteiger partial charge in [-0.05, 0) is 12.1 Å². The average Bonchev–Trinajstić information content (AvgIpc) is 2.58. The van der Waals surface area contributed by atoms with Crippen LogP contribution in [-0.2, 0) is 16.0 Å². The summed E-state index contributed by atoms with van der Waals surface area (Å²) in [5, 5.41) is 0. The molecule has 2 heterocycles. The SMILES string of the molecule is O=C1C=CC(=O)N1CCc1ccccn1. The van der Waals surface area contributed by atoms with Crippen molar-refractivity contribution in [3.05, 3.63) is 42.2 Å². The second kappa shape index (κ2) is 4.04. The van der Waals surface area contributed by atoms with Crippen LogP contribution in [-0.4, -0.2) is 28.2 Å². The Labute approximate surface area is 87.2 Å². The van der Waals surface area contributed by atoms with Gasteiger partial charge < -0.3 is 0 Å². The van der Waals surface area contributed by atoms with Gasteiger partial charge in [0.25, 0.3) is 11.8 Å². The van der Waals surface area contributed by atoms with E-state index in [1.165, 1.54) is 17.1 Å². The van der Waals surface area contributed by atoms with Crippen molar-refractivity contribution in [1.82, 2.24) is 9.88 Å². The van der Waals surface area contributed by atoms with E-state index in [1.807, 2.05) is 18.2 Å². The number of carbonyl (C=O) groups excluding carboxylic acids is 2. The van der Waals surface area contributed by atoms with Gasteiger partial charge in [0.15, 0.2) is 0 Å². The number of hydrogen-bond acceptors (Lipinski definition) is 3. The molecule has 0 unspecified atom stereocenters. The van der Waals surface area contributed by atoms with Crippen LogP contribution in [0.2, 0.25) is 0 Å². The summed E-state index contributed by atoms with van der Waals surface area (Å²) in [6, 6.07) is 5.59. The summed E-state index contributed by atoms with van der Waals surface area (Å²) < 4.78 is 0. The van der Waals surface area contributed by atoms with Crippen LogP contribution in [0.3, 0.4) is 0 Å². The van der Waals surface area contributed by atoms with Gasteiger partial charge in [-0.1, -0.05) is 6.07 Å². The van der Waals surface area contributed by atoms with Crippen molar-refractivity contribution in [2.24, 2.45) is 0 Å². The first kappa shape index (κ1) is 9.58. The number of amides is 2. The zero-order valence-corrected chi connectivity index (χ0v) is 8.09. The predicted molar refractivity (Wildman–Crippen MR) is 53.8 cm³/mol. The summed E-state index contributed by atoms with van der Waals surface area (Å²) in [5.41, 5.74) is 0.880. The third-order valence-corrected chi connectivity index (χ3v) is 2.22. The Hall–Kier alpha value is -1.97. The first-order chi connectivity index (χ1) is 7.27. The quantitative estimate of drug-likeness (QED) is 0.672. The van der Waals surface area contributed by atoms with E-state index < -0.39 is 0 Å². The molecule has 0 saturated heterocycles. The molecular weight excluding hydrogens is 192 g/mol. The largest absolute Gasteiger partial charge is 0.275 e. The van der Waals surface area contributed by atoms with E-state index in [1.54, 1.807) is 6.20 Å². The molecule has 2 amide bonds. The van der Waals surface area contributed by atoms with Gasteiger partial charge in [0.1, 0.15) is 0 Å². The lowest BCUT2D eigenvalue weighted by atomic mass is 10.2. The van der Waals surface area contributed by atoms with Gasteiger partial charge >= 0.3 is 0 Å². The second-order valence-corrected chi connectivity index (χ2v) is 3.23. The minimum Gasteiger partial charge on any atom is -0.275 e. The molecule has 4 heteroatoms. The normalized spacial score (nSPS) is 15.1. The Balaban J connectivity index is 1.95. The number of carbonyl (C=O) groups is 2. The summed E-state index contributed by atoms with van der Waals surface area (Å²) in [7, 11) is 0. The number of hydrogen-bond donors (Lipinski definition) is 0. The molecule has 1 aromatic rings. The summed E-state index contributed by atoms with van der Waals surface area (Å²) in [6.07, 6.45) is 4.88. The Morgan fingerprint density at radius 1 is 1.13 bits per heavy atom. The fourth-order valence-electron chi connectivity index (χ4n) is 1.42. The summed E-state index contributed by atoms with van der Waals surface area (Å²) in [4.78, 5) is 27.7. The predicted octanol–water partition coefficient (Wildman–Crippen LogP) is 0.549. The third kappa shape index (κ3) is 2.10. The number of nitrogens with zero attached hydrogens (tertiary/aromatic N) is 2. The maximum atomic E-state index is 11.2. The molecule has 76 valence electrons. The molecule has 1 aliphatic heterocycles. The zero-order chi connectivity index (χ0) is 10.7. The van der Waals surface area contributed by atoms with Gasteiger partial charge in [0.2, 0.25) is 0 Å². The molecule has 0 bridgehead atoms. The van der Waals surface area contributed by atoms with E-state index in [0.717, 1.165) is 5.69 Å². The van der Waals surface area contributed by atoms with Crippen molar-refractivity contribution in [2.75, 3.05) is 6.54 Å². The minimum absolute atomic E-state index is 0.240. The van der Waals surface area contributed by atoms with Gasteiger partial charge in [0.05, 0.1) is 0 Å². The Morgan fingerprint density at radius 2 is 1.87 bits per heavy atom. The van der Waals surface area contributed by atoms with Crippen LogP contribution < -0.4 is 0 Å². The molecule has 15 heavy (non-hydrogen) atoms. The van der Waals surface area contributed by atoms with Gasteiger partial charge in [-0.25, -0.2) is 0 Å². The fourth-order valence-corrected chi connectivity index (χ4v) is 1.42. The standard InChI is InChI=1S/C11H10N2O2/c14-10-4-5-11(15)13(10)8-6-9-3-1-2-7-12-9/h1-5,7H,6,8H2. The number of imide groups is 1. The number of rotatable bonds is 3. The van der Waals surface area contributed by atoms with E-state index in [0.29, 0.717) is 13.0 Å². The van der Waals surface area contributed by atoms with E-state index in [9.17, 15) is 9.59 Å². The van der Waals surface area contributed by atoms with E-state index in [4.69, 9.17) is 0 Å². The second-order valence-electron chi connectivity index (χ2n) is 3.23. The van der Waals surface area contributed by atoms with Crippen molar-refractivity contribution in [3.63, 3.8) is 0 Å². The molecule has 0 spiro atoms.